The molecule has 3 aliphatic rings. The molecule has 12 heteroatoms. The molecule has 0 unspecified atom stereocenters. The summed E-state index contributed by atoms with van der Waals surface area (Å²) in [5.41, 5.74) is 3.71. The van der Waals surface area contributed by atoms with E-state index in [1.807, 2.05) is 153 Å². The molecule has 2 fully saturated rings. The Bertz CT molecular complexity index is 2370. The van der Waals surface area contributed by atoms with Gasteiger partial charge in [0, 0.05) is 21.8 Å². The largest absolute Gasteiger partial charge is 0.390 e. The zero-order chi connectivity index (χ0) is 49.4. The number of carbonyl (C=O) groups excluding carboxylic acids is 1. The number of benzene rings is 5. The Balaban J connectivity index is 1.04. The maximum absolute atomic E-state index is 15.1. The van der Waals surface area contributed by atoms with Crippen molar-refractivity contribution in [2.24, 2.45) is 5.92 Å². The van der Waals surface area contributed by atoms with Crippen LogP contribution in [0, 0.1) is 5.92 Å². The summed E-state index contributed by atoms with van der Waals surface area (Å²) in [6, 6.07) is 46.2. The van der Waals surface area contributed by atoms with Crippen LogP contribution in [0.1, 0.15) is 80.2 Å². The predicted octanol–water partition coefficient (Wildman–Crippen LogP) is 11.9. The van der Waals surface area contributed by atoms with Crippen LogP contribution in [0.25, 0.3) is 0 Å². The van der Waals surface area contributed by atoms with Gasteiger partial charge in [-0.2, -0.15) is 0 Å². The second-order valence-electron chi connectivity index (χ2n) is 19.4. The van der Waals surface area contributed by atoms with Crippen molar-refractivity contribution in [3.63, 3.8) is 0 Å². The molecule has 71 heavy (non-hydrogen) atoms. The number of hydrogen-bond donors (Lipinski definition) is 1. The number of carbonyl (C=O) groups is 1. The highest BCUT2D eigenvalue weighted by Gasteiger charge is 2.53. The molecule has 5 aromatic rings. The molecular weight excluding hydrogens is 1030 g/mol. The minimum absolute atomic E-state index is 0.101. The fourth-order valence-electron chi connectivity index (χ4n) is 9.68. The van der Waals surface area contributed by atoms with E-state index in [0.717, 1.165) is 36.8 Å². The molecule has 0 aliphatic carbocycles. The van der Waals surface area contributed by atoms with Gasteiger partial charge in [0.25, 0.3) is 0 Å². The van der Waals surface area contributed by atoms with Crippen molar-refractivity contribution in [1.29, 1.82) is 0 Å². The number of rotatable bonds is 20. The quantitative estimate of drug-likeness (QED) is 0.0757. The molecule has 0 aromatic heterocycles. The van der Waals surface area contributed by atoms with E-state index in [-0.39, 0.29) is 50.5 Å². The highest BCUT2D eigenvalue weighted by atomic mass is 79.9. The molecule has 1 N–H and O–H groups in total. The molecule has 10 nitrogen and oxygen atoms in total. The molecule has 3 aliphatic heterocycles. The topological polar surface area (TPSA) is 111 Å². The van der Waals surface area contributed by atoms with Gasteiger partial charge in [-0.25, -0.2) is 0 Å². The molecule has 11 atom stereocenters. The average Bonchev–Trinajstić information content (AvgIpc) is 3.44. The van der Waals surface area contributed by atoms with Gasteiger partial charge in [-0.05, 0) is 90.6 Å². The number of aliphatic hydroxyl groups excluding tert-OH is 1. The highest BCUT2D eigenvalue weighted by Crippen LogP contribution is 2.40. The molecule has 8 rings (SSSR count). The van der Waals surface area contributed by atoms with E-state index in [2.05, 4.69) is 44.9 Å². The Morgan fingerprint density at radius 2 is 1.08 bits per heavy atom. The SMILES string of the molecule is C[C@@H]1C[C@H](OCc2ccc(Br)cc2)[C@@H](COCc2ccc(Br)cc2)O[C@H]2CC(=O)[C@](C)([C@@H](C[C@H]3O[C@@H](COCc4ccccc4)[C@H](OCc4ccccc4)C/C=C\C[C@@H]3O)OCc3ccccc3)O[C@@H]2C1. The van der Waals surface area contributed by atoms with Crippen LogP contribution >= 0.6 is 31.9 Å². The summed E-state index contributed by atoms with van der Waals surface area (Å²) in [5.74, 6) is 0.00311. The number of hydrogen-bond acceptors (Lipinski definition) is 10. The predicted molar refractivity (Wildman–Crippen MR) is 280 cm³/mol. The minimum Gasteiger partial charge on any atom is -0.390 e. The van der Waals surface area contributed by atoms with Crippen LogP contribution in [0.15, 0.2) is 161 Å². The molecule has 0 saturated carbocycles. The van der Waals surface area contributed by atoms with E-state index in [4.69, 9.17) is 37.9 Å². The third-order valence-corrected chi connectivity index (χ3v) is 14.8. The fourth-order valence-corrected chi connectivity index (χ4v) is 10.2. The summed E-state index contributed by atoms with van der Waals surface area (Å²) >= 11 is 7.08. The van der Waals surface area contributed by atoms with E-state index >= 15 is 4.79 Å². The molecule has 2 saturated heterocycles. The first-order chi connectivity index (χ1) is 34.6. The number of Topliss-reactive ketones (excluding diaryl/α,β-unsaturated/α-hetero) is 1. The summed E-state index contributed by atoms with van der Waals surface area (Å²) in [6.07, 6.45) is 1.29. The molecule has 378 valence electrons. The smallest absolute Gasteiger partial charge is 0.169 e. The van der Waals surface area contributed by atoms with Crippen molar-refractivity contribution in [2.45, 2.75) is 146 Å². The second-order valence-corrected chi connectivity index (χ2v) is 21.2. The first-order valence-corrected chi connectivity index (χ1v) is 26.6. The molecule has 3 heterocycles. The van der Waals surface area contributed by atoms with Gasteiger partial charge >= 0.3 is 0 Å². The van der Waals surface area contributed by atoms with Gasteiger partial charge < -0.3 is 43.0 Å². The van der Waals surface area contributed by atoms with E-state index < -0.39 is 54.4 Å². The maximum Gasteiger partial charge on any atom is 0.169 e. The molecule has 0 bridgehead atoms. The van der Waals surface area contributed by atoms with Crippen LogP contribution in [0.5, 0.6) is 0 Å². The van der Waals surface area contributed by atoms with Crippen molar-refractivity contribution < 1.29 is 47.8 Å². The van der Waals surface area contributed by atoms with Crippen LogP contribution in [0.4, 0.5) is 0 Å². The molecule has 0 amide bonds. The van der Waals surface area contributed by atoms with Crippen molar-refractivity contribution in [3.8, 4) is 0 Å². The summed E-state index contributed by atoms with van der Waals surface area (Å²) in [5, 5.41) is 12.0. The van der Waals surface area contributed by atoms with E-state index in [1.54, 1.807) is 0 Å². The van der Waals surface area contributed by atoms with E-state index in [1.165, 1.54) is 0 Å². The Kier molecular flexibility index (Phi) is 20.2. The Labute approximate surface area is 436 Å². The molecule has 0 spiro atoms. The Hall–Kier alpha value is -3.89. The van der Waals surface area contributed by atoms with Gasteiger partial charge in [0.1, 0.15) is 17.8 Å². The third kappa shape index (κ3) is 15.8. The molecule has 5 aromatic carbocycles. The summed E-state index contributed by atoms with van der Waals surface area (Å²) in [4.78, 5) is 15.1. The van der Waals surface area contributed by atoms with E-state index in [0.29, 0.717) is 52.1 Å². The van der Waals surface area contributed by atoms with Gasteiger partial charge in [0.05, 0.1) is 89.0 Å². The van der Waals surface area contributed by atoms with Crippen molar-refractivity contribution >= 4 is 37.6 Å². The first-order valence-electron chi connectivity index (χ1n) is 25.0. The van der Waals surface area contributed by atoms with Gasteiger partial charge in [0.2, 0.25) is 0 Å². The lowest BCUT2D eigenvalue weighted by Gasteiger charge is -2.49. The lowest BCUT2D eigenvalue weighted by atomic mass is 9.80. The summed E-state index contributed by atoms with van der Waals surface area (Å²) in [6.45, 7) is 6.34. The number of ketones is 1. The minimum atomic E-state index is -1.41. The summed E-state index contributed by atoms with van der Waals surface area (Å²) < 4.78 is 56.2. The van der Waals surface area contributed by atoms with Gasteiger partial charge in [-0.1, -0.05) is 166 Å². The van der Waals surface area contributed by atoms with Crippen LogP contribution in [0.2, 0.25) is 0 Å². The lowest BCUT2D eigenvalue weighted by molar-refractivity contribution is -0.250. The van der Waals surface area contributed by atoms with Crippen LogP contribution < -0.4 is 0 Å². The van der Waals surface area contributed by atoms with Gasteiger partial charge in [-0.15, -0.1) is 0 Å². The second kappa shape index (κ2) is 26.9. The lowest BCUT2D eigenvalue weighted by Crippen LogP contribution is -2.62. The molecular formula is C59H68Br2O10. The van der Waals surface area contributed by atoms with E-state index in [9.17, 15) is 5.11 Å². The first kappa shape index (κ1) is 53.4. The number of fused-ring (bicyclic) bond motifs is 1. The maximum atomic E-state index is 15.1. The average molecular weight is 1100 g/mol. The van der Waals surface area contributed by atoms with Crippen molar-refractivity contribution in [1.82, 2.24) is 0 Å². The van der Waals surface area contributed by atoms with Gasteiger partial charge in [0.15, 0.2) is 5.78 Å². The monoisotopic (exact) mass is 1090 g/mol. The Morgan fingerprint density at radius 3 is 1.68 bits per heavy atom. The number of aliphatic hydroxyl groups is 1. The standard InChI is InChI=1S/C59H68Br2O10/c1-41-30-52(67-37-46-24-28-48(61)29-25-46)56(40-65-35-45-22-26-47(60)27-23-45)70-53-32-57(63)59(2,71-54(53)31-41)58(68-38-44-18-10-5-11-19-44)33-51-49(62)20-12-13-21-50(66-36-43-16-8-4-9-17-43)55(69-51)39-64-34-42-14-6-3-7-15-42/h3-19,22-29,41,49-56,58,62H,20-21,30-40H2,1-2H3/b13-12-/t41-,49+,50-,51-,52+,53+,54-,55+,56-,58-,59-/m1/s1. The van der Waals surface area contributed by atoms with Gasteiger partial charge in [-0.3, -0.25) is 4.79 Å². The van der Waals surface area contributed by atoms with Crippen LogP contribution in [0.3, 0.4) is 0 Å². The number of ether oxygens (including phenoxy) is 8. The van der Waals surface area contributed by atoms with Crippen LogP contribution in [-0.4, -0.2) is 84.6 Å². The van der Waals surface area contributed by atoms with Crippen LogP contribution in [-0.2, 0) is 75.7 Å². The molecule has 0 radical (unpaired) electrons. The number of halogens is 2. The highest BCUT2D eigenvalue weighted by molar-refractivity contribution is 9.10. The fraction of sp³-hybridized carbons (Fsp3) is 0.441. The summed E-state index contributed by atoms with van der Waals surface area (Å²) in [7, 11) is 0. The van der Waals surface area contributed by atoms with Crippen molar-refractivity contribution in [2.75, 3.05) is 13.2 Å². The Morgan fingerprint density at radius 1 is 0.592 bits per heavy atom. The van der Waals surface area contributed by atoms with Crippen molar-refractivity contribution in [3.05, 3.63) is 188 Å². The third-order valence-electron chi connectivity index (χ3n) is 13.8. The zero-order valence-corrected chi connectivity index (χ0v) is 43.9. The normalized spacial score (nSPS) is 28.1. The zero-order valence-electron chi connectivity index (χ0n) is 40.8.